The summed E-state index contributed by atoms with van der Waals surface area (Å²) < 4.78 is 0. The molecule has 1 amide bonds. The summed E-state index contributed by atoms with van der Waals surface area (Å²) in [7, 11) is 0. The number of amides is 1. The highest BCUT2D eigenvalue weighted by Crippen LogP contribution is 2.40. The Hall–Kier alpha value is -0.570. The Labute approximate surface area is 104 Å². The van der Waals surface area contributed by atoms with Gasteiger partial charge in [0.1, 0.15) is 0 Å². The van der Waals surface area contributed by atoms with Crippen LogP contribution in [0.5, 0.6) is 0 Å². The fraction of sp³-hybridized carbons (Fsp3) is 0.929. The van der Waals surface area contributed by atoms with Crippen LogP contribution in [0.25, 0.3) is 0 Å². The van der Waals surface area contributed by atoms with Gasteiger partial charge in [0.25, 0.3) is 0 Å². The number of likely N-dealkylation sites (tertiary alicyclic amines) is 1. The molecule has 2 atom stereocenters. The summed E-state index contributed by atoms with van der Waals surface area (Å²) in [5.74, 6) is 1.99. The van der Waals surface area contributed by atoms with E-state index in [2.05, 4.69) is 17.1 Å². The van der Waals surface area contributed by atoms with Gasteiger partial charge in [-0.1, -0.05) is 19.8 Å². The third-order valence-electron chi connectivity index (χ3n) is 5.22. The lowest BCUT2D eigenvalue weighted by atomic mass is 9.83. The first-order valence-electron chi connectivity index (χ1n) is 7.19. The van der Waals surface area contributed by atoms with Crippen LogP contribution in [-0.2, 0) is 4.79 Å². The van der Waals surface area contributed by atoms with Crippen LogP contribution in [0.15, 0.2) is 0 Å². The van der Waals surface area contributed by atoms with Gasteiger partial charge in [-0.15, -0.1) is 0 Å². The van der Waals surface area contributed by atoms with E-state index in [0.29, 0.717) is 5.91 Å². The second-order valence-corrected chi connectivity index (χ2v) is 6.49. The predicted molar refractivity (Wildman–Crippen MR) is 67.6 cm³/mol. The number of carbonyl (C=O) groups is 1. The standard InChI is InChI=1S/C14H24N2O/c1-14(5-2-3-6-14)13(17)16-7-4-11-8-15-9-12(11)10-16/h11-12,15H,2-10H2,1H3. The van der Waals surface area contributed by atoms with Gasteiger partial charge in [0.15, 0.2) is 0 Å². The van der Waals surface area contributed by atoms with E-state index in [9.17, 15) is 4.79 Å². The molecule has 1 aliphatic carbocycles. The maximum absolute atomic E-state index is 12.6. The fourth-order valence-electron chi connectivity index (χ4n) is 3.97. The smallest absolute Gasteiger partial charge is 0.228 e. The molecule has 0 bridgehead atoms. The number of piperidine rings is 1. The highest BCUT2D eigenvalue weighted by Gasteiger charge is 2.42. The van der Waals surface area contributed by atoms with Crippen LogP contribution >= 0.6 is 0 Å². The molecule has 3 heteroatoms. The lowest BCUT2D eigenvalue weighted by molar-refractivity contribution is -0.143. The zero-order valence-corrected chi connectivity index (χ0v) is 10.9. The molecular weight excluding hydrogens is 212 g/mol. The maximum atomic E-state index is 12.6. The van der Waals surface area contributed by atoms with Gasteiger partial charge in [-0.2, -0.15) is 0 Å². The molecule has 2 heterocycles. The van der Waals surface area contributed by atoms with E-state index in [1.807, 2.05) is 0 Å². The molecule has 2 aliphatic heterocycles. The fourth-order valence-corrected chi connectivity index (χ4v) is 3.97. The molecular formula is C14H24N2O. The summed E-state index contributed by atoms with van der Waals surface area (Å²) in [4.78, 5) is 14.8. The van der Waals surface area contributed by atoms with Crippen molar-refractivity contribution in [2.45, 2.75) is 39.0 Å². The minimum atomic E-state index is -0.0289. The summed E-state index contributed by atoms with van der Waals surface area (Å²) in [6, 6.07) is 0. The summed E-state index contributed by atoms with van der Waals surface area (Å²) in [6.45, 7) is 6.47. The second kappa shape index (κ2) is 4.27. The van der Waals surface area contributed by atoms with Crippen molar-refractivity contribution in [2.24, 2.45) is 17.3 Å². The zero-order valence-electron chi connectivity index (χ0n) is 10.9. The van der Waals surface area contributed by atoms with Crippen molar-refractivity contribution >= 4 is 5.91 Å². The molecule has 1 N–H and O–H groups in total. The number of carbonyl (C=O) groups excluding carboxylic acids is 1. The van der Waals surface area contributed by atoms with Gasteiger partial charge in [-0.05, 0) is 44.2 Å². The molecule has 3 rings (SSSR count). The van der Waals surface area contributed by atoms with Gasteiger partial charge in [-0.3, -0.25) is 4.79 Å². The first-order chi connectivity index (χ1) is 8.19. The number of fused-ring (bicyclic) bond motifs is 1. The molecule has 0 aromatic rings. The summed E-state index contributed by atoms with van der Waals surface area (Å²) in [5, 5.41) is 3.46. The molecule has 96 valence electrons. The number of rotatable bonds is 1. The van der Waals surface area contributed by atoms with Crippen LogP contribution in [0.1, 0.15) is 39.0 Å². The van der Waals surface area contributed by atoms with E-state index in [1.165, 1.54) is 25.8 Å². The maximum Gasteiger partial charge on any atom is 0.228 e. The van der Waals surface area contributed by atoms with Crippen LogP contribution in [0, 0.1) is 17.3 Å². The van der Waals surface area contributed by atoms with Crippen LogP contribution in [-0.4, -0.2) is 37.0 Å². The van der Waals surface area contributed by atoms with Crippen LogP contribution in [0.3, 0.4) is 0 Å². The van der Waals surface area contributed by atoms with Crippen LogP contribution in [0.2, 0.25) is 0 Å². The Balaban J connectivity index is 1.66. The molecule has 0 aromatic heterocycles. The SMILES string of the molecule is CC1(C(=O)N2CCC3CNCC3C2)CCCC1. The van der Waals surface area contributed by atoms with Crippen LogP contribution < -0.4 is 5.32 Å². The van der Waals surface area contributed by atoms with Gasteiger partial charge >= 0.3 is 0 Å². The molecule has 2 unspecified atom stereocenters. The Morgan fingerprint density at radius 1 is 1.24 bits per heavy atom. The van der Waals surface area contributed by atoms with Gasteiger partial charge < -0.3 is 10.2 Å². The van der Waals surface area contributed by atoms with Crippen molar-refractivity contribution in [1.82, 2.24) is 10.2 Å². The number of hydrogen-bond acceptors (Lipinski definition) is 2. The van der Waals surface area contributed by atoms with E-state index >= 15 is 0 Å². The van der Waals surface area contributed by atoms with E-state index in [1.54, 1.807) is 0 Å². The lowest BCUT2D eigenvalue weighted by Gasteiger charge is -2.38. The quantitative estimate of drug-likeness (QED) is 0.750. The van der Waals surface area contributed by atoms with Crippen LogP contribution in [0.4, 0.5) is 0 Å². The van der Waals surface area contributed by atoms with E-state index in [0.717, 1.165) is 44.3 Å². The van der Waals surface area contributed by atoms with Gasteiger partial charge in [-0.25, -0.2) is 0 Å². The first kappa shape index (κ1) is 11.5. The summed E-state index contributed by atoms with van der Waals surface area (Å²) >= 11 is 0. The van der Waals surface area contributed by atoms with Crippen molar-refractivity contribution in [3.8, 4) is 0 Å². The average molecular weight is 236 g/mol. The number of nitrogens with zero attached hydrogens (tertiary/aromatic N) is 1. The number of nitrogens with one attached hydrogen (secondary N) is 1. The predicted octanol–water partition coefficient (Wildman–Crippen LogP) is 1.63. The highest BCUT2D eigenvalue weighted by atomic mass is 16.2. The third kappa shape index (κ3) is 1.99. The van der Waals surface area contributed by atoms with Crippen molar-refractivity contribution in [3.05, 3.63) is 0 Å². The number of hydrogen-bond donors (Lipinski definition) is 1. The van der Waals surface area contributed by atoms with E-state index in [4.69, 9.17) is 0 Å². The van der Waals surface area contributed by atoms with E-state index in [-0.39, 0.29) is 5.41 Å². The largest absolute Gasteiger partial charge is 0.342 e. The van der Waals surface area contributed by atoms with Crippen molar-refractivity contribution in [2.75, 3.05) is 26.2 Å². The van der Waals surface area contributed by atoms with Gasteiger partial charge in [0, 0.05) is 18.5 Å². The zero-order chi connectivity index (χ0) is 11.9. The summed E-state index contributed by atoms with van der Waals surface area (Å²) in [5.41, 5.74) is -0.0289. The van der Waals surface area contributed by atoms with Gasteiger partial charge in [0.05, 0.1) is 0 Å². The molecule has 0 aromatic carbocycles. The Morgan fingerprint density at radius 2 is 1.94 bits per heavy atom. The highest BCUT2D eigenvalue weighted by molar-refractivity contribution is 5.82. The molecule has 3 nitrogen and oxygen atoms in total. The molecule has 3 aliphatic rings. The summed E-state index contributed by atoms with van der Waals surface area (Å²) in [6.07, 6.45) is 5.90. The van der Waals surface area contributed by atoms with Crippen molar-refractivity contribution in [1.29, 1.82) is 0 Å². The van der Waals surface area contributed by atoms with Crippen molar-refractivity contribution < 1.29 is 4.79 Å². The molecule has 2 saturated heterocycles. The minimum Gasteiger partial charge on any atom is -0.342 e. The third-order valence-corrected chi connectivity index (χ3v) is 5.22. The Bertz CT molecular complexity index is 309. The molecule has 3 fully saturated rings. The second-order valence-electron chi connectivity index (χ2n) is 6.49. The molecule has 0 spiro atoms. The topological polar surface area (TPSA) is 32.3 Å². The Kier molecular flexibility index (Phi) is 2.89. The molecule has 17 heavy (non-hydrogen) atoms. The monoisotopic (exact) mass is 236 g/mol. The first-order valence-corrected chi connectivity index (χ1v) is 7.19. The molecule has 1 saturated carbocycles. The lowest BCUT2D eigenvalue weighted by Crippen LogP contribution is -2.48. The van der Waals surface area contributed by atoms with E-state index < -0.39 is 0 Å². The molecule has 0 radical (unpaired) electrons. The Morgan fingerprint density at radius 3 is 2.71 bits per heavy atom. The normalized spacial score (nSPS) is 35.9. The van der Waals surface area contributed by atoms with Crippen molar-refractivity contribution in [3.63, 3.8) is 0 Å². The van der Waals surface area contributed by atoms with Gasteiger partial charge in [0.2, 0.25) is 5.91 Å². The average Bonchev–Trinajstić information content (AvgIpc) is 2.96. The minimum absolute atomic E-state index is 0.0289.